The molecule has 4 nitrogen and oxygen atoms in total. The number of anilines is 3. The molecule has 0 unspecified atom stereocenters. The van der Waals surface area contributed by atoms with Crippen LogP contribution in [-0.4, -0.2) is 10.9 Å². The lowest BCUT2D eigenvalue weighted by Gasteiger charge is -2.11. The van der Waals surface area contributed by atoms with E-state index in [1.165, 1.54) is 18.2 Å². The fourth-order valence-electron chi connectivity index (χ4n) is 2.16. The molecule has 7 heteroatoms. The second-order valence-corrected chi connectivity index (χ2v) is 5.96. The van der Waals surface area contributed by atoms with Gasteiger partial charge in [0.2, 0.25) is 0 Å². The number of hydrogen-bond acceptors (Lipinski definition) is 3. The molecule has 1 heterocycles. The Hall–Kier alpha value is -2.63. The number of nitrogens with one attached hydrogen (secondary N) is 2. The molecule has 2 aromatic carbocycles. The van der Waals surface area contributed by atoms with Crippen molar-refractivity contribution in [2.75, 3.05) is 10.6 Å². The first-order valence-electron chi connectivity index (χ1n) is 7.27. The van der Waals surface area contributed by atoms with E-state index in [0.29, 0.717) is 27.8 Å². The first kappa shape index (κ1) is 17.2. The molecule has 1 amide bonds. The lowest BCUT2D eigenvalue weighted by Crippen LogP contribution is -2.14. The highest BCUT2D eigenvalue weighted by Gasteiger charge is 2.13. The number of aromatic nitrogens is 1. The maximum absolute atomic E-state index is 13.2. The van der Waals surface area contributed by atoms with Crippen molar-refractivity contribution in [1.29, 1.82) is 0 Å². The van der Waals surface area contributed by atoms with Gasteiger partial charge in [0.15, 0.2) is 0 Å². The van der Waals surface area contributed by atoms with Crippen LogP contribution in [0.1, 0.15) is 10.4 Å². The summed E-state index contributed by atoms with van der Waals surface area (Å²) in [5.41, 5.74) is 1.40. The number of amides is 1. The average molecular weight is 376 g/mol. The second-order valence-electron chi connectivity index (χ2n) is 5.12. The highest BCUT2D eigenvalue weighted by atomic mass is 35.5. The minimum atomic E-state index is -0.552. The molecule has 2 N–H and O–H groups in total. The van der Waals surface area contributed by atoms with E-state index >= 15 is 0 Å². The van der Waals surface area contributed by atoms with E-state index in [0.717, 1.165) is 0 Å². The molecule has 0 saturated heterocycles. The molecule has 3 aromatic rings. The number of carbonyl (C=O) groups excluding carboxylic acids is 1. The van der Waals surface area contributed by atoms with Crippen LogP contribution in [-0.2, 0) is 0 Å². The molecule has 0 saturated carbocycles. The standard InChI is InChI=1S/C18H12Cl2FN3O/c19-11-3-1-4-12(9-11)23-17-14(5-2-8-22-17)18(25)24-13-6-7-16(21)15(20)10-13/h1-10H,(H,22,23)(H,24,25). The molecule has 0 aliphatic heterocycles. The summed E-state index contributed by atoms with van der Waals surface area (Å²) in [7, 11) is 0. The lowest BCUT2D eigenvalue weighted by atomic mass is 10.2. The fraction of sp³-hybridized carbons (Fsp3) is 0. The summed E-state index contributed by atoms with van der Waals surface area (Å²) in [4.78, 5) is 16.7. The summed E-state index contributed by atoms with van der Waals surface area (Å²) in [6.45, 7) is 0. The molecule has 0 atom stereocenters. The van der Waals surface area contributed by atoms with Gasteiger partial charge in [-0.3, -0.25) is 4.79 Å². The van der Waals surface area contributed by atoms with E-state index in [1.807, 2.05) is 6.07 Å². The molecular formula is C18H12Cl2FN3O. The molecule has 0 spiro atoms. The van der Waals surface area contributed by atoms with Crippen LogP contribution in [0.3, 0.4) is 0 Å². The molecular weight excluding hydrogens is 364 g/mol. The van der Waals surface area contributed by atoms with Crippen LogP contribution in [0, 0.1) is 5.82 Å². The fourth-order valence-corrected chi connectivity index (χ4v) is 2.53. The third kappa shape index (κ3) is 4.26. The number of hydrogen-bond donors (Lipinski definition) is 2. The third-order valence-electron chi connectivity index (χ3n) is 3.32. The van der Waals surface area contributed by atoms with E-state index in [1.54, 1.807) is 36.5 Å². The van der Waals surface area contributed by atoms with E-state index in [2.05, 4.69) is 15.6 Å². The van der Waals surface area contributed by atoms with Crippen molar-refractivity contribution < 1.29 is 9.18 Å². The number of rotatable bonds is 4. The summed E-state index contributed by atoms with van der Waals surface area (Å²) in [5, 5.41) is 6.22. The first-order chi connectivity index (χ1) is 12.0. The zero-order valence-corrected chi connectivity index (χ0v) is 14.3. The van der Waals surface area contributed by atoms with E-state index in [4.69, 9.17) is 23.2 Å². The number of pyridine rings is 1. The molecule has 126 valence electrons. The van der Waals surface area contributed by atoms with Gasteiger partial charge in [-0.05, 0) is 48.5 Å². The van der Waals surface area contributed by atoms with Gasteiger partial charge in [0.05, 0.1) is 10.6 Å². The summed E-state index contributed by atoms with van der Waals surface area (Å²) in [6, 6.07) is 14.3. The van der Waals surface area contributed by atoms with Crippen molar-refractivity contribution in [3.63, 3.8) is 0 Å². The van der Waals surface area contributed by atoms with Crippen LogP contribution in [0.4, 0.5) is 21.6 Å². The monoisotopic (exact) mass is 375 g/mol. The minimum absolute atomic E-state index is 0.0683. The van der Waals surface area contributed by atoms with Crippen molar-refractivity contribution in [2.24, 2.45) is 0 Å². The maximum atomic E-state index is 13.2. The van der Waals surface area contributed by atoms with Gasteiger partial charge >= 0.3 is 0 Å². The van der Waals surface area contributed by atoms with Gasteiger partial charge in [-0.15, -0.1) is 0 Å². The van der Waals surface area contributed by atoms with E-state index < -0.39 is 11.7 Å². The SMILES string of the molecule is O=C(Nc1ccc(F)c(Cl)c1)c1cccnc1Nc1cccc(Cl)c1. The van der Waals surface area contributed by atoms with Gasteiger partial charge in [-0.1, -0.05) is 29.3 Å². The number of nitrogens with zero attached hydrogens (tertiary/aromatic N) is 1. The Morgan fingerprint density at radius 3 is 2.60 bits per heavy atom. The quantitative estimate of drug-likeness (QED) is 0.630. The molecule has 25 heavy (non-hydrogen) atoms. The molecule has 0 aliphatic rings. The predicted octanol–water partition coefficient (Wildman–Crippen LogP) is 5.52. The van der Waals surface area contributed by atoms with Gasteiger partial charge in [0, 0.05) is 22.6 Å². The second kappa shape index (κ2) is 7.51. The molecule has 0 aliphatic carbocycles. The molecule has 3 rings (SSSR count). The third-order valence-corrected chi connectivity index (χ3v) is 3.84. The van der Waals surface area contributed by atoms with Crippen molar-refractivity contribution in [2.45, 2.75) is 0 Å². The molecule has 0 radical (unpaired) electrons. The number of benzene rings is 2. The summed E-state index contributed by atoms with van der Waals surface area (Å²) >= 11 is 11.7. The van der Waals surface area contributed by atoms with Crippen LogP contribution in [0.2, 0.25) is 10.0 Å². The predicted molar refractivity (Wildman–Crippen MR) is 98.3 cm³/mol. The van der Waals surface area contributed by atoms with Crippen molar-refractivity contribution in [3.8, 4) is 0 Å². The first-order valence-corrected chi connectivity index (χ1v) is 8.02. The van der Waals surface area contributed by atoms with Crippen LogP contribution in [0.25, 0.3) is 0 Å². The number of carbonyl (C=O) groups is 1. The Bertz CT molecular complexity index is 934. The Morgan fingerprint density at radius 1 is 1.00 bits per heavy atom. The summed E-state index contributed by atoms with van der Waals surface area (Å²) < 4.78 is 13.2. The van der Waals surface area contributed by atoms with Crippen LogP contribution >= 0.6 is 23.2 Å². The van der Waals surface area contributed by atoms with Crippen molar-refractivity contribution in [3.05, 3.63) is 82.2 Å². The van der Waals surface area contributed by atoms with Crippen LogP contribution < -0.4 is 10.6 Å². The van der Waals surface area contributed by atoms with Gasteiger partial charge < -0.3 is 10.6 Å². The zero-order chi connectivity index (χ0) is 17.8. The average Bonchev–Trinajstić information content (AvgIpc) is 2.59. The summed E-state index contributed by atoms with van der Waals surface area (Å²) in [5.74, 6) is -0.583. The van der Waals surface area contributed by atoms with E-state index in [9.17, 15) is 9.18 Å². The highest BCUT2D eigenvalue weighted by Crippen LogP contribution is 2.23. The minimum Gasteiger partial charge on any atom is -0.340 e. The Kier molecular flexibility index (Phi) is 5.16. The largest absolute Gasteiger partial charge is 0.340 e. The molecule has 0 fully saturated rings. The van der Waals surface area contributed by atoms with E-state index in [-0.39, 0.29) is 5.02 Å². The normalized spacial score (nSPS) is 10.4. The number of halogens is 3. The van der Waals surface area contributed by atoms with Gasteiger partial charge in [-0.2, -0.15) is 0 Å². The van der Waals surface area contributed by atoms with Gasteiger partial charge in [0.1, 0.15) is 11.6 Å². The molecule has 1 aromatic heterocycles. The smallest absolute Gasteiger partial charge is 0.259 e. The van der Waals surface area contributed by atoms with Gasteiger partial charge in [0.25, 0.3) is 5.91 Å². The lowest BCUT2D eigenvalue weighted by molar-refractivity contribution is 0.102. The molecule has 0 bridgehead atoms. The summed E-state index contributed by atoms with van der Waals surface area (Å²) in [6.07, 6.45) is 1.57. The topological polar surface area (TPSA) is 54.0 Å². The Balaban J connectivity index is 1.84. The Labute approximate surface area is 153 Å². The maximum Gasteiger partial charge on any atom is 0.259 e. The Morgan fingerprint density at radius 2 is 1.84 bits per heavy atom. The van der Waals surface area contributed by atoms with Crippen molar-refractivity contribution in [1.82, 2.24) is 4.98 Å². The zero-order valence-electron chi connectivity index (χ0n) is 12.8. The highest BCUT2D eigenvalue weighted by molar-refractivity contribution is 6.31. The van der Waals surface area contributed by atoms with Crippen LogP contribution in [0.5, 0.6) is 0 Å². The van der Waals surface area contributed by atoms with Crippen molar-refractivity contribution >= 4 is 46.3 Å². The van der Waals surface area contributed by atoms with Gasteiger partial charge in [-0.25, -0.2) is 9.37 Å². The van der Waals surface area contributed by atoms with Crippen LogP contribution in [0.15, 0.2) is 60.8 Å².